The van der Waals surface area contributed by atoms with Crippen LogP contribution in [-0.4, -0.2) is 19.7 Å². The number of hydrogen-bond donors (Lipinski definition) is 1. The molecule has 17 heavy (non-hydrogen) atoms. The van der Waals surface area contributed by atoms with Crippen molar-refractivity contribution in [1.29, 1.82) is 0 Å². The summed E-state index contributed by atoms with van der Waals surface area (Å²) in [5, 5.41) is 4.25. The largest absolute Gasteiger partial charge is 0.491 e. The van der Waals surface area contributed by atoms with Crippen molar-refractivity contribution in [2.75, 3.05) is 19.7 Å². The molecule has 2 aliphatic heterocycles. The van der Waals surface area contributed by atoms with E-state index in [1.165, 1.54) is 30.5 Å². The van der Waals surface area contributed by atoms with Gasteiger partial charge in [0.1, 0.15) is 5.75 Å². The Bertz CT molecular complexity index is 413. The van der Waals surface area contributed by atoms with Crippen LogP contribution in [0.1, 0.15) is 24.0 Å². The molecule has 0 amide bonds. The van der Waals surface area contributed by atoms with Crippen molar-refractivity contribution in [1.82, 2.24) is 5.32 Å². The van der Waals surface area contributed by atoms with E-state index in [0.29, 0.717) is 0 Å². The normalized spacial score (nSPS) is 23.2. The SMILES string of the molecule is Clc1cc(CC2CCCNC2)cc2c1OCC2. The molecule has 3 heteroatoms. The Hall–Kier alpha value is -0.730. The molecular weight excluding hydrogens is 234 g/mol. The molecule has 1 N–H and O–H groups in total. The molecule has 1 aromatic rings. The molecule has 1 aromatic carbocycles. The van der Waals surface area contributed by atoms with Crippen LogP contribution < -0.4 is 10.1 Å². The number of fused-ring (bicyclic) bond motifs is 1. The predicted octanol–water partition coefficient (Wildman–Crippen LogP) is 2.82. The lowest BCUT2D eigenvalue weighted by molar-refractivity contribution is 0.357. The van der Waals surface area contributed by atoms with Gasteiger partial charge in [-0.1, -0.05) is 17.7 Å². The zero-order chi connectivity index (χ0) is 11.7. The van der Waals surface area contributed by atoms with Gasteiger partial charge in [-0.05, 0) is 55.5 Å². The Morgan fingerprint density at radius 1 is 1.41 bits per heavy atom. The fourth-order valence-electron chi connectivity index (χ4n) is 2.87. The zero-order valence-corrected chi connectivity index (χ0v) is 10.7. The second kappa shape index (κ2) is 4.87. The lowest BCUT2D eigenvalue weighted by Crippen LogP contribution is -2.30. The van der Waals surface area contributed by atoms with E-state index in [9.17, 15) is 0 Å². The zero-order valence-electron chi connectivity index (χ0n) is 9.97. The van der Waals surface area contributed by atoms with Crippen LogP contribution in [0.25, 0.3) is 0 Å². The van der Waals surface area contributed by atoms with Gasteiger partial charge in [0, 0.05) is 6.42 Å². The summed E-state index contributed by atoms with van der Waals surface area (Å²) < 4.78 is 5.53. The van der Waals surface area contributed by atoms with E-state index in [1.807, 2.05) is 0 Å². The summed E-state index contributed by atoms with van der Waals surface area (Å²) in [6.45, 7) is 3.10. The Labute approximate surface area is 107 Å². The molecule has 1 saturated heterocycles. The summed E-state index contributed by atoms with van der Waals surface area (Å²) in [5.41, 5.74) is 2.66. The third kappa shape index (κ3) is 2.43. The molecule has 0 aromatic heterocycles. The first-order valence-corrected chi connectivity index (χ1v) is 6.85. The van der Waals surface area contributed by atoms with Gasteiger partial charge >= 0.3 is 0 Å². The molecule has 2 heterocycles. The summed E-state index contributed by atoms with van der Waals surface area (Å²) >= 11 is 6.25. The minimum absolute atomic E-state index is 0.764. The first-order valence-electron chi connectivity index (χ1n) is 6.48. The van der Waals surface area contributed by atoms with Crippen molar-refractivity contribution in [3.05, 3.63) is 28.3 Å². The molecule has 2 nitrogen and oxygen atoms in total. The van der Waals surface area contributed by atoms with E-state index in [2.05, 4.69) is 17.4 Å². The van der Waals surface area contributed by atoms with E-state index >= 15 is 0 Å². The monoisotopic (exact) mass is 251 g/mol. The molecule has 0 aliphatic carbocycles. The van der Waals surface area contributed by atoms with Gasteiger partial charge < -0.3 is 10.1 Å². The maximum Gasteiger partial charge on any atom is 0.141 e. The molecule has 0 bridgehead atoms. The van der Waals surface area contributed by atoms with E-state index in [-0.39, 0.29) is 0 Å². The van der Waals surface area contributed by atoms with Gasteiger partial charge in [-0.3, -0.25) is 0 Å². The number of nitrogens with one attached hydrogen (secondary N) is 1. The van der Waals surface area contributed by atoms with Crippen molar-refractivity contribution in [3.63, 3.8) is 0 Å². The van der Waals surface area contributed by atoms with Gasteiger partial charge in [-0.25, -0.2) is 0 Å². The summed E-state index contributed by atoms with van der Waals surface area (Å²) in [5.74, 6) is 1.68. The molecule has 1 fully saturated rings. The van der Waals surface area contributed by atoms with Crippen LogP contribution in [0.2, 0.25) is 5.02 Å². The van der Waals surface area contributed by atoms with Gasteiger partial charge in [0.25, 0.3) is 0 Å². The second-order valence-electron chi connectivity index (χ2n) is 5.08. The number of piperidine rings is 1. The molecule has 92 valence electrons. The smallest absolute Gasteiger partial charge is 0.141 e. The summed E-state index contributed by atoms with van der Waals surface area (Å²) in [4.78, 5) is 0. The average Bonchev–Trinajstić information content (AvgIpc) is 2.79. The summed E-state index contributed by atoms with van der Waals surface area (Å²) in [6, 6.07) is 4.36. The number of halogens is 1. The third-order valence-electron chi connectivity index (χ3n) is 3.72. The summed E-state index contributed by atoms with van der Waals surface area (Å²) in [6.07, 6.45) is 4.77. The average molecular weight is 252 g/mol. The van der Waals surface area contributed by atoms with E-state index in [1.54, 1.807) is 0 Å². The Kier molecular flexibility index (Phi) is 3.26. The highest BCUT2D eigenvalue weighted by atomic mass is 35.5. The van der Waals surface area contributed by atoms with Crippen LogP contribution in [0.5, 0.6) is 5.75 Å². The topological polar surface area (TPSA) is 21.3 Å². The van der Waals surface area contributed by atoms with E-state index in [0.717, 1.165) is 42.7 Å². The predicted molar refractivity (Wildman–Crippen MR) is 69.9 cm³/mol. The van der Waals surface area contributed by atoms with Gasteiger partial charge in [0.05, 0.1) is 11.6 Å². The molecule has 0 spiro atoms. The first-order chi connectivity index (χ1) is 8.33. The molecule has 1 unspecified atom stereocenters. The lowest BCUT2D eigenvalue weighted by Gasteiger charge is -2.23. The highest BCUT2D eigenvalue weighted by molar-refractivity contribution is 6.32. The van der Waals surface area contributed by atoms with Gasteiger partial charge in [0.15, 0.2) is 0 Å². The van der Waals surface area contributed by atoms with Crippen LogP contribution in [0.3, 0.4) is 0 Å². The van der Waals surface area contributed by atoms with Crippen molar-refractivity contribution in [3.8, 4) is 5.75 Å². The Balaban J connectivity index is 1.76. The molecule has 1 atom stereocenters. The van der Waals surface area contributed by atoms with Crippen molar-refractivity contribution in [2.45, 2.75) is 25.7 Å². The molecule has 3 rings (SSSR count). The minimum Gasteiger partial charge on any atom is -0.491 e. The summed E-state index contributed by atoms with van der Waals surface area (Å²) in [7, 11) is 0. The van der Waals surface area contributed by atoms with Crippen molar-refractivity contribution < 1.29 is 4.74 Å². The van der Waals surface area contributed by atoms with E-state index < -0.39 is 0 Å². The van der Waals surface area contributed by atoms with E-state index in [4.69, 9.17) is 16.3 Å². The number of hydrogen-bond acceptors (Lipinski definition) is 2. The van der Waals surface area contributed by atoms with Crippen LogP contribution in [-0.2, 0) is 12.8 Å². The van der Waals surface area contributed by atoms with Crippen molar-refractivity contribution >= 4 is 11.6 Å². The van der Waals surface area contributed by atoms with Crippen molar-refractivity contribution in [2.24, 2.45) is 5.92 Å². The quantitative estimate of drug-likeness (QED) is 0.873. The molecular formula is C14H18ClNO. The Morgan fingerprint density at radius 3 is 3.18 bits per heavy atom. The fourth-order valence-corrected chi connectivity index (χ4v) is 3.19. The molecule has 0 radical (unpaired) electrons. The molecule has 2 aliphatic rings. The van der Waals surface area contributed by atoms with Crippen LogP contribution in [0.15, 0.2) is 12.1 Å². The highest BCUT2D eigenvalue weighted by Gasteiger charge is 2.19. The minimum atomic E-state index is 0.764. The highest BCUT2D eigenvalue weighted by Crippen LogP contribution is 2.35. The maximum absolute atomic E-state index is 6.25. The maximum atomic E-state index is 6.25. The molecule has 0 saturated carbocycles. The van der Waals surface area contributed by atoms with Crippen LogP contribution >= 0.6 is 11.6 Å². The standard InChI is InChI=1S/C14H18ClNO/c15-13-8-11(6-10-2-1-4-16-9-10)7-12-3-5-17-14(12)13/h7-8,10,16H,1-6,9H2. The first kappa shape index (κ1) is 11.4. The number of ether oxygens (including phenoxy) is 1. The van der Waals surface area contributed by atoms with Gasteiger partial charge in [0.2, 0.25) is 0 Å². The van der Waals surface area contributed by atoms with Crippen LogP contribution in [0.4, 0.5) is 0 Å². The number of rotatable bonds is 2. The third-order valence-corrected chi connectivity index (χ3v) is 4.00. The number of benzene rings is 1. The second-order valence-corrected chi connectivity index (χ2v) is 5.49. The fraction of sp³-hybridized carbons (Fsp3) is 0.571. The van der Waals surface area contributed by atoms with Crippen LogP contribution in [0, 0.1) is 5.92 Å². The Morgan fingerprint density at radius 2 is 2.35 bits per heavy atom. The van der Waals surface area contributed by atoms with Gasteiger partial charge in [-0.15, -0.1) is 0 Å². The van der Waals surface area contributed by atoms with Gasteiger partial charge in [-0.2, -0.15) is 0 Å². The lowest BCUT2D eigenvalue weighted by atomic mass is 9.91.